The second kappa shape index (κ2) is 8.03. The summed E-state index contributed by atoms with van der Waals surface area (Å²) in [5, 5.41) is 10.9. The van der Waals surface area contributed by atoms with Gasteiger partial charge in [0, 0.05) is 17.4 Å². The van der Waals surface area contributed by atoms with Crippen molar-refractivity contribution in [1.29, 1.82) is 0 Å². The number of para-hydroxylation sites is 1. The van der Waals surface area contributed by atoms with Crippen molar-refractivity contribution in [3.63, 3.8) is 0 Å². The van der Waals surface area contributed by atoms with Gasteiger partial charge in [0.1, 0.15) is 6.04 Å². The van der Waals surface area contributed by atoms with Crippen molar-refractivity contribution in [3.8, 4) is 5.88 Å². The molecule has 0 spiro atoms. The van der Waals surface area contributed by atoms with Crippen LogP contribution in [0.15, 0.2) is 53.5 Å². The Morgan fingerprint density at radius 3 is 2.68 bits per heavy atom. The number of nitrogens with zero attached hydrogens (tertiary/aromatic N) is 3. The van der Waals surface area contributed by atoms with Crippen LogP contribution in [0.1, 0.15) is 28.5 Å². The highest BCUT2D eigenvalue weighted by Crippen LogP contribution is 2.40. The second-order valence-electron chi connectivity index (χ2n) is 7.64. The molecule has 1 N–H and O–H groups in total. The minimum Gasteiger partial charge on any atom is -0.493 e. The number of imide groups is 1. The van der Waals surface area contributed by atoms with Crippen molar-refractivity contribution in [2.24, 2.45) is 4.99 Å². The van der Waals surface area contributed by atoms with Crippen LogP contribution in [-0.4, -0.2) is 27.7 Å². The average Bonchev–Trinajstić information content (AvgIpc) is 3.41. The third-order valence-corrected chi connectivity index (χ3v) is 6.89. The third-order valence-electron chi connectivity index (χ3n) is 5.55. The highest BCUT2D eigenvalue weighted by atomic mass is 32.1. The normalized spacial score (nSPS) is 18.9. The fourth-order valence-electron chi connectivity index (χ4n) is 3.97. The number of hydrogen-bond donors (Lipinski definition) is 1. The molecule has 2 aromatic carbocycles. The van der Waals surface area contributed by atoms with Gasteiger partial charge in [-0.3, -0.25) is 19.1 Å². The lowest BCUT2D eigenvalue weighted by molar-refractivity contribution is -0.137. The predicted molar refractivity (Wildman–Crippen MR) is 125 cm³/mol. The lowest BCUT2D eigenvalue weighted by atomic mass is 10.1. The second-order valence-corrected chi connectivity index (χ2v) is 9.31. The molecule has 2 aliphatic rings. The molecule has 6 nitrogen and oxygen atoms in total. The third kappa shape index (κ3) is 3.66. The van der Waals surface area contributed by atoms with Gasteiger partial charge in [-0.15, -0.1) is 11.3 Å². The van der Waals surface area contributed by atoms with Gasteiger partial charge in [-0.05, 0) is 42.6 Å². The number of carbonyl (C=O) groups excluding carboxylic acids is 2. The minimum absolute atomic E-state index is 0.157. The fourth-order valence-corrected chi connectivity index (χ4v) is 5.33. The van der Waals surface area contributed by atoms with Crippen molar-refractivity contribution < 1.29 is 27.9 Å². The van der Waals surface area contributed by atoms with Crippen LogP contribution in [-0.2, 0) is 15.8 Å². The number of benzene rings is 2. The quantitative estimate of drug-likeness (QED) is 0.366. The van der Waals surface area contributed by atoms with Crippen molar-refractivity contribution in [1.82, 2.24) is 4.57 Å². The average molecular weight is 502 g/mol. The maximum Gasteiger partial charge on any atom is 0.416 e. The number of rotatable bonds is 3. The number of aromatic hydroxyl groups is 1. The molecule has 0 aliphatic carbocycles. The van der Waals surface area contributed by atoms with E-state index in [4.69, 9.17) is 12.2 Å². The number of aromatic nitrogens is 1. The predicted octanol–water partition coefficient (Wildman–Crippen LogP) is 5.76. The van der Waals surface area contributed by atoms with Crippen molar-refractivity contribution in [3.05, 3.63) is 68.5 Å². The number of anilines is 1. The monoisotopic (exact) mass is 501 g/mol. The van der Waals surface area contributed by atoms with E-state index in [2.05, 4.69) is 4.99 Å². The van der Waals surface area contributed by atoms with E-state index in [9.17, 15) is 27.9 Å². The molecule has 2 aliphatic heterocycles. The first-order chi connectivity index (χ1) is 16.1. The molecule has 0 saturated carbocycles. The highest BCUT2D eigenvalue weighted by molar-refractivity contribution is 7.73. The Balaban J connectivity index is 1.50. The van der Waals surface area contributed by atoms with Gasteiger partial charge in [-0.1, -0.05) is 24.3 Å². The Morgan fingerprint density at radius 2 is 1.91 bits per heavy atom. The SMILES string of the molecule is O=C1CC(n2c(O)c(/C=C3\C=Nc4ccccc43)sc2=S)C(=O)N1c1cccc(C(F)(F)F)c1. The number of carbonyl (C=O) groups is 2. The molecule has 11 heteroatoms. The van der Waals surface area contributed by atoms with Crippen LogP contribution in [0.5, 0.6) is 5.88 Å². The van der Waals surface area contributed by atoms with Crippen molar-refractivity contribution >= 4 is 64.6 Å². The van der Waals surface area contributed by atoms with E-state index in [-0.39, 0.29) is 21.9 Å². The van der Waals surface area contributed by atoms with Gasteiger partial charge in [0.15, 0.2) is 3.95 Å². The van der Waals surface area contributed by atoms with Gasteiger partial charge in [0.05, 0.1) is 28.2 Å². The Hall–Kier alpha value is -3.57. The number of halogens is 3. The molecule has 2 amide bonds. The lowest BCUT2D eigenvalue weighted by Gasteiger charge is -2.17. The zero-order chi connectivity index (χ0) is 24.2. The maximum atomic E-state index is 13.1. The largest absolute Gasteiger partial charge is 0.493 e. The van der Waals surface area contributed by atoms with Crippen molar-refractivity contribution in [2.75, 3.05) is 4.90 Å². The van der Waals surface area contributed by atoms with E-state index >= 15 is 0 Å². The number of alkyl halides is 3. The van der Waals surface area contributed by atoms with Crippen LogP contribution in [0.3, 0.4) is 0 Å². The molecule has 0 bridgehead atoms. The Kier molecular flexibility index (Phi) is 5.25. The van der Waals surface area contributed by atoms with Gasteiger partial charge in [0.25, 0.3) is 5.91 Å². The molecule has 172 valence electrons. The molecule has 0 radical (unpaired) electrons. The number of aliphatic imine (C=N–C) groups is 1. The topological polar surface area (TPSA) is 74.9 Å². The van der Waals surface area contributed by atoms with Gasteiger partial charge >= 0.3 is 6.18 Å². The molecule has 1 unspecified atom stereocenters. The molecule has 1 saturated heterocycles. The smallest absolute Gasteiger partial charge is 0.416 e. The molecule has 1 fully saturated rings. The van der Waals surface area contributed by atoms with Crippen LogP contribution < -0.4 is 4.90 Å². The zero-order valence-electron chi connectivity index (χ0n) is 17.1. The molecule has 1 aromatic heterocycles. The lowest BCUT2D eigenvalue weighted by Crippen LogP contribution is -2.31. The van der Waals surface area contributed by atoms with Crippen LogP contribution >= 0.6 is 23.6 Å². The Morgan fingerprint density at radius 1 is 1.15 bits per heavy atom. The van der Waals surface area contributed by atoms with Gasteiger partial charge in [-0.25, -0.2) is 4.90 Å². The van der Waals surface area contributed by atoms with Crippen LogP contribution in [0.4, 0.5) is 24.5 Å². The van der Waals surface area contributed by atoms with Gasteiger partial charge in [0.2, 0.25) is 11.8 Å². The van der Waals surface area contributed by atoms with Crippen LogP contribution in [0.25, 0.3) is 11.6 Å². The standard InChI is InChI=1S/C23H14F3N3O3S2/c24-23(25,26)13-4-3-5-14(9-13)28-19(30)10-17(20(28)31)29-21(32)18(34-22(29)33)8-12-11-27-16-7-2-1-6-15(12)16/h1-9,11,17,32H,10H2/b12-8+. The number of fused-ring (bicyclic) bond motifs is 1. The number of hydrogen-bond acceptors (Lipinski definition) is 6. The highest BCUT2D eigenvalue weighted by Gasteiger charge is 2.43. The first kappa shape index (κ1) is 22.2. The summed E-state index contributed by atoms with van der Waals surface area (Å²) in [4.78, 5) is 31.2. The molecule has 3 aromatic rings. The molecule has 1 atom stereocenters. The van der Waals surface area contributed by atoms with Crippen LogP contribution in [0.2, 0.25) is 0 Å². The molecule has 34 heavy (non-hydrogen) atoms. The first-order valence-electron chi connectivity index (χ1n) is 9.98. The van der Waals surface area contributed by atoms with E-state index in [1.807, 2.05) is 24.3 Å². The number of allylic oxidation sites excluding steroid dienone is 1. The summed E-state index contributed by atoms with van der Waals surface area (Å²) >= 11 is 6.41. The summed E-state index contributed by atoms with van der Waals surface area (Å²) in [6.07, 6.45) is -1.63. The molecular weight excluding hydrogens is 487 g/mol. The summed E-state index contributed by atoms with van der Waals surface area (Å²) < 4.78 is 40.7. The molecular formula is C23H14F3N3O3S2. The van der Waals surface area contributed by atoms with E-state index in [0.29, 0.717) is 9.78 Å². The van der Waals surface area contributed by atoms with Crippen molar-refractivity contribution in [2.45, 2.75) is 18.6 Å². The number of amides is 2. The van der Waals surface area contributed by atoms with E-state index in [1.165, 1.54) is 10.6 Å². The summed E-state index contributed by atoms with van der Waals surface area (Å²) in [5.74, 6) is -1.74. The summed E-state index contributed by atoms with van der Waals surface area (Å²) in [6, 6.07) is 10.3. The van der Waals surface area contributed by atoms with E-state index < -0.39 is 29.6 Å². The summed E-state index contributed by atoms with van der Waals surface area (Å²) in [5.41, 5.74) is 1.24. The molecule has 3 heterocycles. The molecule has 5 rings (SSSR count). The van der Waals surface area contributed by atoms with E-state index in [1.54, 1.807) is 12.3 Å². The van der Waals surface area contributed by atoms with Crippen LogP contribution in [0, 0.1) is 3.95 Å². The zero-order valence-corrected chi connectivity index (χ0v) is 18.7. The summed E-state index contributed by atoms with van der Waals surface area (Å²) in [7, 11) is 0. The summed E-state index contributed by atoms with van der Waals surface area (Å²) in [6.45, 7) is 0. The Labute approximate surface area is 199 Å². The minimum atomic E-state index is -4.63. The van der Waals surface area contributed by atoms with Gasteiger partial charge in [-0.2, -0.15) is 13.2 Å². The van der Waals surface area contributed by atoms with E-state index in [0.717, 1.165) is 46.4 Å². The number of thiazole rings is 1. The van der Waals surface area contributed by atoms with Gasteiger partial charge < -0.3 is 5.11 Å². The Bertz CT molecular complexity index is 1470. The fraction of sp³-hybridized carbons (Fsp3) is 0.130. The first-order valence-corrected chi connectivity index (χ1v) is 11.2. The maximum absolute atomic E-state index is 13.1.